The first-order valence-corrected chi connectivity index (χ1v) is 9.89. The Morgan fingerprint density at radius 2 is 2.14 bits per heavy atom. The molecule has 1 aromatic rings. The molecule has 0 spiro atoms. The van der Waals surface area contributed by atoms with Crippen LogP contribution in [0.15, 0.2) is 24.4 Å². The second kappa shape index (κ2) is 8.04. The van der Waals surface area contributed by atoms with Gasteiger partial charge in [0, 0.05) is 37.3 Å². The van der Waals surface area contributed by atoms with E-state index < -0.39 is 9.84 Å². The van der Waals surface area contributed by atoms with Crippen molar-refractivity contribution >= 4 is 9.84 Å². The Labute approximate surface area is 133 Å². The Hall–Kier alpha value is -0.980. The Morgan fingerprint density at radius 1 is 1.36 bits per heavy atom. The van der Waals surface area contributed by atoms with Crippen LogP contribution in [0.2, 0.25) is 0 Å². The summed E-state index contributed by atoms with van der Waals surface area (Å²) in [6.07, 6.45) is 7.44. The molecule has 3 unspecified atom stereocenters. The van der Waals surface area contributed by atoms with Crippen LogP contribution in [0.1, 0.15) is 31.4 Å². The van der Waals surface area contributed by atoms with Crippen LogP contribution >= 0.6 is 0 Å². The van der Waals surface area contributed by atoms with Gasteiger partial charge < -0.3 is 10.4 Å². The van der Waals surface area contributed by atoms with Crippen LogP contribution in [0.5, 0.6) is 0 Å². The standard InChI is InChI=1S/C16H26N2O3S/c1-22(20,21)16-8-3-2-7-15(16)18-11-13(12-19)10-14-6-4-5-9-17-14/h4-6,9,13,15-16,18-19H,2-3,7-8,10-12H2,1H3. The molecule has 5 nitrogen and oxygen atoms in total. The summed E-state index contributed by atoms with van der Waals surface area (Å²) < 4.78 is 23.8. The highest BCUT2D eigenvalue weighted by atomic mass is 32.2. The van der Waals surface area contributed by atoms with Gasteiger partial charge >= 0.3 is 0 Å². The maximum atomic E-state index is 11.9. The maximum Gasteiger partial charge on any atom is 0.151 e. The zero-order valence-electron chi connectivity index (χ0n) is 13.1. The molecule has 2 rings (SSSR count). The van der Waals surface area contributed by atoms with Crippen LogP contribution in [0.3, 0.4) is 0 Å². The van der Waals surface area contributed by atoms with Crippen molar-refractivity contribution in [3.63, 3.8) is 0 Å². The molecule has 1 saturated carbocycles. The number of hydrogen-bond acceptors (Lipinski definition) is 5. The molecule has 1 aliphatic rings. The zero-order valence-corrected chi connectivity index (χ0v) is 13.9. The predicted octanol–water partition coefficient (Wildman–Crippen LogP) is 1.18. The van der Waals surface area contributed by atoms with Gasteiger partial charge in [-0.05, 0) is 37.3 Å². The molecule has 0 aromatic carbocycles. The fourth-order valence-corrected chi connectivity index (χ4v) is 4.60. The van der Waals surface area contributed by atoms with Gasteiger partial charge in [0.15, 0.2) is 9.84 Å². The van der Waals surface area contributed by atoms with Crippen molar-refractivity contribution in [2.75, 3.05) is 19.4 Å². The number of sulfone groups is 1. The van der Waals surface area contributed by atoms with Gasteiger partial charge in [-0.1, -0.05) is 18.9 Å². The molecule has 22 heavy (non-hydrogen) atoms. The van der Waals surface area contributed by atoms with Gasteiger partial charge in [0.1, 0.15) is 0 Å². The van der Waals surface area contributed by atoms with Crippen LogP contribution in [0, 0.1) is 5.92 Å². The van der Waals surface area contributed by atoms with E-state index in [4.69, 9.17) is 0 Å². The molecule has 1 aromatic heterocycles. The summed E-state index contributed by atoms with van der Waals surface area (Å²) in [6, 6.07) is 5.75. The minimum Gasteiger partial charge on any atom is -0.396 e. The van der Waals surface area contributed by atoms with Gasteiger partial charge in [-0.3, -0.25) is 4.98 Å². The molecule has 124 valence electrons. The first-order valence-electron chi connectivity index (χ1n) is 7.93. The fraction of sp³-hybridized carbons (Fsp3) is 0.688. The normalized spacial score (nSPS) is 24.1. The number of aliphatic hydroxyl groups is 1. The first kappa shape index (κ1) is 17.4. The van der Waals surface area contributed by atoms with E-state index in [0.29, 0.717) is 13.0 Å². The van der Waals surface area contributed by atoms with Crippen LogP contribution in [0.4, 0.5) is 0 Å². The molecular weight excluding hydrogens is 300 g/mol. The number of hydrogen-bond donors (Lipinski definition) is 2. The Morgan fingerprint density at radius 3 is 2.77 bits per heavy atom. The highest BCUT2D eigenvalue weighted by Crippen LogP contribution is 2.24. The number of rotatable bonds is 7. The summed E-state index contributed by atoms with van der Waals surface area (Å²) in [4.78, 5) is 4.28. The summed E-state index contributed by atoms with van der Waals surface area (Å²) in [6.45, 7) is 0.684. The fourth-order valence-electron chi connectivity index (χ4n) is 3.18. The molecular formula is C16H26N2O3S. The van der Waals surface area contributed by atoms with Gasteiger partial charge in [-0.15, -0.1) is 0 Å². The molecule has 0 aliphatic heterocycles. The SMILES string of the molecule is CS(=O)(=O)C1CCCCC1NCC(CO)Cc1ccccn1. The van der Waals surface area contributed by atoms with E-state index in [1.807, 2.05) is 18.2 Å². The lowest BCUT2D eigenvalue weighted by atomic mass is 9.94. The van der Waals surface area contributed by atoms with Crippen molar-refractivity contribution in [1.29, 1.82) is 0 Å². The third kappa shape index (κ3) is 5.04. The van der Waals surface area contributed by atoms with Crippen molar-refractivity contribution < 1.29 is 13.5 Å². The van der Waals surface area contributed by atoms with Crippen molar-refractivity contribution in [2.45, 2.75) is 43.4 Å². The second-order valence-corrected chi connectivity index (χ2v) is 8.51. The Balaban J connectivity index is 1.91. The van der Waals surface area contributed by atoms with Crippen molar-refractivity contribution in [3.8, 4) is 0 Å². The van der Waals surface area contributed by atoms with E-state index in [9.17, 15) is 13.5 Å². The smallest absolute Gasteiger partial charge is 0.151 e. The van der Waals surface area contributed by atoms with Gasteiger partial charge in [0.2, 0.25) is 0 Å². The summed E-state index contributed by atoms with van der Waals surface area (Å²) in [5.41, 5.74) is 0.951. The Kier molecular flexibility index (Phi) is 6.35. The van der Waals surface area contributed by atoms with E-state index in [1.165, 1.54) is 6.26 Å². The summed E-state index contributed by atoms with van der Waals surface area (Å²) in [5.74, 6) is 0.0528. The molecule has 0 bridgehead atoms. The third-order valence-corrected chi connectivity index (χ3v) is 6.07. The Bertz CT molecular complexity index is 548. The molecule has 1 aliphatic carbocycles. The van der Waals surface area contributed by atoms with Crippen molar-refractivity contribution in [1.82, 2.24) is 10.3 Å². The van der Waals surface area contributed by atoms with Gasteiger partial charge in [0.25, 0.3) is 0 Å². The molecule has 0 radical (unpaired) electrons. The van der Waals surface area contributed by atoms with Crippen LogP contribution in [-0.2, 0) is 16.3 Å². The lowest BCUT2D eigenvalue weighted by Crippen LogP contribution is -2.47. The van der Waals surface area contributed by atoms with E-state index in [1.54, 1.807) is 6.20 Å². The molecule has 1 heterocycles. The molecule has 2 N–H and O–H groups in total. The lowest BCUT2D eigenvalue weighted by Gasteiger charge is -2.32. The number of pyridine rings is 1. The summed E-state index contributed by atoms with van der Waals surface area (Å²) in [7, 11) is -3.03. The zero-order chi connectivity index (χ0) is 16.0. The van der Waals surface area contributed by atoms with E-state index in [-0.39, 0.29) is 23.8 Å². The quantitative estimate of drug-likeness (QED) is 0.786. The lowest BCUT2D eigenvalue weighted by molar-refractivity contribution is 0.213. The van der Waals surface area contributed by atoms with E-state index in [2.05, 4.69) is 10.3 Å². The predicted molar refractivity (Wildman–Crippen MR) is 87.4 cm³/mol. The minimum absolute atomic E-state index is 0.00142. The molecule has 1 fully saturated rings. The maximum absolute atomic E-state index is 11.9. The van der Waals surface area contributed by atoms with Gasteiger partial charge in [0.05, 0.1) is 5.25 Å². The van der Waals surface area contributed by atoms with Crippen LogP contribution < -0.4 is 5.32 Å². The molecule has 3 atom stereocenters. The molecule has 6 heteroatoms. The number of nitrogens with zero attached hydrogens (tertiary/aromatic N) is 1. The van der Waals surface area contributed by atoms with E-state index in [0.717, 1.165) is 31.4 Å². The average Bonchev–Trinajstić information content (AvgIpc) is 2.52. The molecule has 0 saturated heterocycles. The van der Waals surface area contributed by atoms with Crippen molar-refractivity contribution in [3.05, 3.63) is 30.1 Å². The highest BCUT2D eigenvalue weighted by molar-refractivity contribution is 7.91. The van der Waals surface area contributed by atoms with Crippen LogP contribution in [-0.4, -0.2) is 49.2 Å². The second-order valence-electron chi connectivity index (χ2n) is 6.24. The summed E-state index contributed by atoms with van der Waals surface area (Å²) >= 11 is 0. The monoisotopic (exact) mass is 326 g/mol. The largest absolute Gasteiger partial charge is 0.396 e. The van der Waals surface area contributed by atoms with Crippen LogP contribution in [0.25, 0.3) is 0 Å². The van der Waals surface area contributed by atoms with Gasteiger partial charge in [-0.25, -0.2) is 8.42 Å². The van der Waals surface area contributed by atoms with Gasteiger partial charge in [-0.2, -0.15) is 0 Å². The first-order chi connectivity index (χ1) is 10.5. The van der Waals surface area contributed by atoms with E-state index >= 15 is 0 Å². The number of aliphatic hydroxyl groups excluding tert-OH is 1. The minimum atomic E-state index is -3.03. The average molecular weight is 326 g/mol. The number of nitrogens with one attached hydrogen (secondary N) is 1. The highest BCUT2D eigenvalue weighted by Gasteiger charge is 2.32. The molecule has 0 amide bonds. The number of aromatic nitrogens is 1. The topological polar surface area (TPSA) is 79.3 Å². The van der Waals surface area contributed by atoms with Crippen molar-refractivity contribution in [2.24, 2.45) is 5.92 Å². The third-order valence-electron chi connectivity index (χ3n) is 4.40. The summed E-state index contributed by atoms with van der Waals surface area (Å²) in [5, 5.41) is 12.6.